The Morgan fingerprint density at radius 2 is 1.48 bits per heavy atom. The van der Waals surface area contributed by atoms with Crippen LogP contribution in [-0.2, 0) is 9.47 Å². The lowest BCUT2D eigenvalue weighted by Gasteiger charge is -2.35. The second kappa shape index (κ2) is 19.8. The molecule has 1 amide bonds. The lowest BCUT2D eigenvalue weighted by atomic mass is 9.71. The van der Waals surface area contributed by atoms with Crippen molar-refractivity contribution in [2.24, 2.45) is 5.41 Å². The fourth-order valence-corrected chi connectivity index (χ4v) is 5.06. The van der Waals surface area contributed by atoms with Crippen molar-refractivity contribution in [3.05, 3.63) is 65.3 Å². The summed E-state index contributed by atoms with van der Waals surface area (Å²) in [7, 11) is 0. The number of nitro groups is 1. The molecule has 0 saturated carbocycles. The van der Waals surface area contributed by atoms with Gasteiger partial charge in [-0.2, -0.15) is 0 Å². The van der Waals surface area contributed by atoms with Gasteiger partial charge in [-0.1, -0.05) is 71.4 Å². The van der Waals surface area contributed by atoms with Crippen LogP contribution in [0.5, 0.6) is 0 Å². The Morgan fingerprint density at radius 1 is 0.925 bits per heavy atom. The molecule has 1 rings (SSSR count). The number of rotatable bonds is 22. The number of nitro benzene ring substituents is 1. The average molecular weight is 559 g/mol. The Kier molecular flexibility index (Phi) is 17.3. The number of carbonyl (C=O) groups is 2. The molecule has 0 heterocycles. The van der Waals surface area contributed by atoms with Crippen LogP contribution in [-0.4, -0.2) is 47.7 Å². The first-order valence-corrected chi connectivity index (χ1v) is 14.8. The molecule has 0 aliphatic rings. The van der Waals surface area contributed by atoms with E-state index in [1.165, 1.54) is 87.0 Å². The van der Waals surface area contributed by atoms with Crippen LogP contribution in [0, 0.1) is 15.5 Å². The first-order valence-electron chi connectivity index (χ1n) is 14.8. The highest BCUT2D eigenvalue weighted by atomic mass is 16.6. The molecule has 8 nitrogen and oxygen atoms in total. The van der Waals surface area contributed by atoms with E-state index in [4.69, 9.17) is 9.47 Å². The van der Waals surface area contributed by atoms with Crippen molar-refractivity contribution in [3.63, 3.8) is 0 Å². The molecule has 1 aromatic carbocycles. The predicted molar refractivity (Wildman–Crippen MR) is 160 cm³/mol. The number of non-ortho nitro benzene ring substituents is 1. The van der Waals surface area contributed by atoms with Gasteiger partial charge in [-0.3, -0.25) is 15.0 Å². The minimum Gasteiger partial charge on any atom is -0.460 e. The van der Waals surface area contributed by atoms with E-state index in [9.17, 15) is 19.7 Å². The van der Waals surface area contributed by atoms with Crippen molar-refractivity contribution < 1.29 is 24.0 Å². The first-order chi connectivity index (χ1) is 19.3. The van der Waals surface area contributed by atoms with Crippen LogP contribution in [0.3, 0.4) is 0 Å². The van der Waals surface area contributed by atoms with Crippen molar-refractivity contribution in [3.8, 4) is 0 Å². The second-order valence-electron chi connectivity index (χ2n) is 10.6. The summed E-state index contributed by atoms with van der Waals surface area (Å²) in [4.78, 5) is 37.5. The molecule has 0 spiro atoms. The van der Waals surface area contributed by atoms with Crippen molar-refractivity contribution in [2.75, 3.05) is 19.8 Å². The van der Waals surface area contributed by atoms with Gasteiger partial charge in [0.1, 0.15) is 6.61 Å². The van der Waals surface area contributed by atoms with E-state index >= 15 is 0 Å². The second-order valence-corrected chi connectivity index (χ2v) is 10.6. The van der Waals surface area contributed by atoms with E-state index < -0.39 is 23.0 Å². The van der Waals surface area contributed by atoms with Crippen molar-refractivity contribution in [1.82, 2.24) is 4.90 Å². The van der Waals surface area contributed by atoms with Gasteiger partial charge in [-0.05, 0) is 56.1 Å². The third-order valence-electron chi connectivity index (χ3n) is 7.42. The molecule has 1 unspecified atom stereocenters. The topological polar surface area (TPSA) is 99.0 Å². The molecule has 1 aromatic rings. The Balaban J connectivity index is 2.81. The zero-order chi connectivity index (χ0) is 29.8. The van der Waals surface area contributed by atoms with Gasteiger partial charge >= 0.3 is 12.1 Å². The number of nitrogens with zero attached hydrogens (tertiary/aromatic N) is 2. The van der Waals surface area contributed by atoms with Gasteiger partial charge in [-0.15, -0.1) is 13.2 Å². The van der Waals surface area contributed by atoms with Gasteiger partial charge in [0.25, 0.3) is 5.69 Å². The minimum absolute atomic E-state index is 0.0705. The monoisotopic (exact) mass is 558 g/mol. The third kappa shape index (κ3) is 12.3. The maximum atomic E-state index is 13.1. The lowest BCUT2D eigenvalue weighted by molar-refractivity contribution is -0.384. The van der Waals surface area contributed by atoms with Crippen LogP contribution in [0.25, 0.3) is 0 Å². The molecule has 0 radical (unpaired) electrons. The Hall–Kier alpha value is -3.16. The number of unbranched alkanes of at least 4 members (excludes halogenated alkanes) is 3. The first kappa shape index (κ1) is 34.9. The number of benzene rings is 1. The van der Waals surface area contributed by atoms with Gasteiger partial charge in [-0.25, -0.2) is 9.59 Å². The lowest BCUT2D eigenvalue weighted by Crippen LogP contribution is -2.43. The maximum Gasteiger partial charge on any atom is 0.410 e. The molecule has 0 aliphatic carbocycles. The Morgan fingerprint density at radius 3 is 1.95 bits per heavy atom. The van der Waals surface area contributed by atoms with E-state index in [0.717, 1.165) is 12.8 Å². The molecule has 0 N–H and O–H groups in total. The van der Waals surface area contributed by atoms with E-state index in [0.29, 0.717) is 18.4 Å². The molecule has 8 heteroatoms. The van der Waals surface area contributed by atoms with Crippen molar-refractivity contribution in [2.45, 2.75) is 104 Å². The molecule has 224 valence electrons. The molecule has 0 fully saturated rings. The molecule has 40 heavy (non-hydrogen) atoms. The summed E-state index contributed by atoms with van der Waals surface area (Å²) >= 11 is 0. The van der Waals surface area contributed by atoms with Crippen LogP contribution in [0.4, 0.5) is 10.5 Å². The summed E-state index contributed by atoms with van der Waals surface area (Å²) in [5, 5.41) is 10.9. The summed E-state index contributed by atoms with van der Waals surface area (Å²) in [6, 6.07) is 4.71. The maximum absolute atomic E-state index is 13.1. The molecule has 1 atom stereocenters. The Labute approximate surface area is 241 Å². The van der Waals surface area contributed by atoms with E-state index in [-0.39, 0.29) is 24.4 Å². The van der Waals surface area contributed by atoms with Crippen molar-refractivity contribution in [1.29, 1.82) is 0 Å². The van der Waals surface area contributed by atoms with Gasteiger partial charge in [0.2, 0.25) is 0 Å². The zero-order valence-electron chi connectivity index (χ0n) is 24.9. The normalized spacial score (nSPS) is 11.9. The number of ether oxygens (including phenoxy) is 2. The van der Waals surface area contributed by atoms with E-state index in [1.54, 1.807) is 12.2 Å². The van der Waals surface area contributed by atoms with Crippen LogP contribution >= 0.6 is 0 Å². The van der Waals surface area contributed by atoms with Crippen LogP contribution in [0.2, 0.25) is 0 Å². The number of hydrogen-bond acceptors (Lipinski definition) is 6. The van der Waals surface area contributed by atoms with Crippen LogP contribution in [0.1, 0.15) is 108 Å². The van der Waals surface area contributed by atoms with Crippen molar-refractivity contribution >= 4 is 17.7 Å². The van der Waals surface area contributed by atoms with Crippen LogP contribution < -0.4 is 0 Å². The predicted octanol–water partition coefficient (Wildman–Crippen LogP) is 8.66. The average Bonchev–Trinajstić information content (AvgIpc) is 2.96. The molecular formula is C32H50N2O6. The molecule has 0 bridgehead atoms. The summed E-state index contributed by atoms with van der Waals surface area (Å²) in [6.45, 7) is 14.8. The molecule has 0 aliphatic heterocycles. The smallest absolute Gasteiger partial charge is 0.410 e. The van der Waals surface area contributed by atoms with Gasteiger partial charge in [0, 0.05) is 18.7 Å². The number of esters is 1. The SMILES string of the molecule is C=CCC(COC(=O)c1ccc([N+](=O)[O-])cc1)N(CC=C)C(=O)OCCCC(CCCC)(CCCC)CCCC. The molecule has 0 saturated heterocycles. The van der Waals surface area contributed by atoms with Gasteiger partial charge < -0.3 is 9.47 Å². The molecule has 0 aromatic heterocycles. The quantitative estimate of drug-likeness (QED) is 0.0464. The molecular weight excluding hydrogens is 508 g/mol. The summed E-state index contributed by atoms with van der Waals surface area (Å²) in [5.41, 5.74) is 0.394. The van der Waals surface area contributed by atoms with Gasteiger partial charge in [0.15, 0.2) is 0 Å². The standard InChI is InChI=1S/C32H50N2O6/c1-6-11-20-32(21-12-7-2,22-13-8-3)23-14-25-39-31(36)33(24-10-5)29(15-9-4)26-40-30(35)27-16-18-28(19-17-27)34(37)38/h9-10,16-19,29H,4-8,11-15,20-26H2,1-3H3. The summed E-state index contributed by atoms with van der Waals surface area (Å²) in [5.74, 6) is -0.626. The number of carbonyl (C=O) groups excluding carboxylic acids is 2. The fraction of sp³-hybridized carbons (Fsp3) is 0.625. The van der Waals surface area contributed by atoms with Gasteiger partial charge in [0.05, 0.1) is 23.1 Å². The highest BCUT2D eigenvalue weighted by molar-refractivity contribution is 5.89. The zero-order valence-corrected chi connectivity index (χ0v) is 24.9. The highest BCUT2D eigenvalue weighted by Gasteiger charge is 2.29. The van der Waals surface area contributed by atoms with Crippen LogP contribution in [0.15, 0.2) is 49.6 Å². The number of amides is 1. The number of hydrogen-bond donors (Lipinski definition) is 0. The largest absolute Gasteiger partial charge is 0.460 e. The summed E-state index contributed by atoms with van der Waals surface area (Å²) < 4.78 is 11.2. The highest BCUT2D eigenvalue weighted by Crippen LogP contribution is 2.41. The van der Waals surface area contributed by atoms with E-state index in [2.05, 4.69) is 33.9 Å². The minimum atomic E-state index is -0.626. The fourth-order valence-electron chi connectivity index (χ4n) is 5.06. The van der Waals surface area contributed by atoms with E-state index in [1.807, 2.05) is 0 Å². The Bertz CT molecular complexity index is 893. The third-order valence-corrected chi connectivity index (χ3v) is 7.42. The summed E-state index contributed by atoms with van der Waals surface area (Å²) in [6.07, 6.45) is 16.0.